The zero-order chi connectivity index (χ0) is 15.0. The summed E-state index contributed by atoms with van der Waals surface area (Å²) in [7, 11) is 0. The number of rotatable bonds is 3. The van der Waals surface area contributed by atoms with Crippen LogP contribution in [-0.4, -0.2) is 16.1 Å². The van der Waals surface area contributed by atoms with Crippen LogP contribution < -0.4 is 0 Å². The number of carbonyl (C=O) groups excluding carboxylic acids is 1. The smallest absolute Gasteiger partial charge is 0.153 e. The molecule has 0 aliphatic rings. The second-order valence-corrected chi connectivity index (χ2v) is 7.41. The minimum atomic E-state index is 0.600. The topological polar surface area (TPSA) is 34.9 Å². The summed E-state index contributed by atoms with van der Waals surface area (Å²) in [5.41, 5.74) is 4.64. The van der Waals surface area contributed by atoms with Crippen molar-refractivity contribution in [1.82, 2.24) is 9.78 Å². The number of aryl methyl sites for hydroxylation is 2. The lowest BCUT2D eigenvalue weighted by Crippen LogP contribution is -1.96. The van der Waals surface area contributed by atoms with Gasteiger partial charge in [-0.3, -0.25) is 4.79 Å². The fraction of sp³-hybridized carbons (Fsp3) is 0.125. The molecule has 3 aromatic rings. The van der Waals surface area contributed by atoms with Crippen LogP contribution in [0.3, 0.4) is 0 Å². The summed E-state index contributed by atoms with van der Waals surface area (Å²) in [6.45, 7) is 4.11. The lowest BCUT2D eigenvalue weighted by molar-refractivity contribution is 0.112. The molecule has 21 heavy (non-hydrogen) atoms. The minimum Gasteiger partial charge on any atom is -0.298 e. The van der Waals surface area contributed by atoms with Crippen LogP contribution in [0.4, 0.5) is 0 Å². The predicted molar refractivity (Wildman–Crippen MR) is 89.4 cm³/mol. The third kappa shape index (κ3) is 2.84. The highest BCUT2D eigenvalue weighted by atomic mass is 79.9. The van der Waals surface area contributed by atoms with Gasteiger partial charge in [-0.2, -0.15) is 5.10 Å². The van der Waals surface area contributed by atoms with E-state index in [1.165, 1.54) is 11.1 Å². The number of aromatic nitrogens is 2. The molecule has 5 heteroatoms. The van der Waals surface area contributed by atoms with Gasteiger partial charge >= 0.3 is 0 Å². The Hall–Kier alpha value is -1.72. The average molecular weight is 361 g/mol. The van der Waals surface area contributed by atoms with Crippen molar-refractivity contribution in [2.45, 2.75) is 13.8 Å². The molecule has 0 atom stereocenters. The molecule has 106 valence electrons. The molecule has 0 spiro atoms. The van der Waals surface area contributed by atoms with E-state index >= 15 is 0 Å². The third-order valence-electron chi connectivity index (χ3n) is 3.15. The van der Waals surface area contributed by atoms with E-state index in [1.54, 1.807) is 22.2 Å². The van der Waals surface area contributed by atoms with Crippen LogP contribution in [0.5, 0.6) is 0 Å². The van der Waals surface area contributed by atoms with Crippen LogP contribution in [0, 0.1) is 13.8 Å². The monoisotopic (exact) mass is 360 g/mol. The molecule has 0 unspecified atom stereocenters. The fourth-order valence-corrected chi connectivity index (χ4v) is 3.71. The molecule has 3 rings (SSSR count). The van der Waals surface area contributed by atoms with Crippen molar-refractivity contribution in [1.29, 1.82) is 0 Å². The Labute approximate surface area is 135 Å². The first-order valence-corrected chi connectivity index (χ1v) is 8.07. The Morgan fingerprint density at radius 2 is 1.90 bits per heavy atom. The van der Waals surface area contributed by atoms with E-state index < -0.39 is 0 Å². The van der Waals surface area contributed by atoms with Crippen molar-refractivity contribution in [3.05, 3.63) is 57.0 Å². The summed E-state index contributed by atoms with van der Waals surface area (Å²) in [6, 6.07) is 10.2. The molecule has 0 N–H and O–H groups in total. The maximum atomic E-state index is 11.3. The van der Waals surface area contributed by atoms with E-state index in [9.17, 15) is 4.79 Å². The van der Waals surface area contributed by atoms with Crippen LogP contribution >= 0.6 is 27.3 Å². The summed E-state index contributed by atoms with van der Waals surface area (Å²) >= 11 is 5.01. The molecule has 0 amide bonds. The maximum absolute atomic E-state index is 11.3. The fourth-order valence-electron chi connectivity index (χ4n) is 2.32. The number of benzene rings is 1. The maximum Gasteiger partial charge on any atom is 0.153 e. The van der Waals surface area contributed by atoms with Gasteiger partial charge in [0, 0.05) is 6.20 Å². The number of aldehydes is 1. The Balaban J connectivity index is 2.13. The van der Waals surface area contributed by atoms with Crippen molar-refractivity contribution in [2.75, 3.05) is 0 Å². The van der Waals surface area contributed by atoms with Gasteiger partial charge in [-0.1, -0.05) is 6.07 Å². The SMILES string of the molecule is Cc1cc(C)cc(-n2cc(C=O)c(-c3ccc(Br)s3)n2)c1. The van der Waals surface area contributed by atoms with E-state index in [-0.39, 0.29) is 0 Å². The molecule has 2 aromatic heterocycles. The third-order valence-corrected chi connectivity index (χ3v) is 4.78. The van der Waals surface area contributed by atoms with E-state index in [0.717, 1.165) is 26.3 Å². The number of nitrogens with zero attached hydrogens (tertiary/aromatic N) is 2. The van der Waals surface area contributed by atoms with Gasteiger partial charge in [-0.05, 0) is 65.2 Å². The van der Waals surface area contributed by atoms with Crippen LogP contribution in [0.1, 0.15) is 21.5 Å². The Kier molecular flexibility index (Phi) is 3.78. The molecule has 0 aliphatic heterocycles. The molecule has 0 saturated carbocycles. The molecule has 1 aromatic carbocycles. The first-order valence-electron chi connectivity index (χ1n) is 6.46. The van der Waals surface area contributed by atoms with Gasteiger partial charge in [0.15, 0.2) is 6.29 Å². The normalized spacial score (nSPS) is 10.8. The molecule has 0 fully saturated rings. The summed E-state index contributed by atoms with van der Waals surface area (Å²) < 4.78 is 2.79. The van der Waals surface area contributed by atoms with Crippen molar-refractivity contribution in [3.8, 4) is 16.3 Å². The van der Waals surface area contributed by atoms with Crippen molar-refractivity contribution >= 4 is 33.6 Å². The standard InChI is InChI=1S/C16H13BrN2OS/c1-10-5-11(2)7-13(6-10)19-8-12(9-20)16(18-19)14-3-4-15(17)21-14/h3-9H,1-2H3. The first kappa shape index (κ1) is 14.2. The zero-order valence-electron chi connectivity index (χ0n) is 11.6. The number of thiophene rings is 1. The van der Waals surface area contributed by atoms with Crippen LogP contribution in [-0.2, 0) is 0 Å². The lowest BCUT2D eigenvalue weighted by atomic mass is 10.1. The lowest BCUT2D eigenvalue weighted by Gasteiger charge is -2.04. The zero-order valence-corrected chi connectivity index (χ0v) is 14.0. The van der Waals surface area contributed by atoms with Gasteiger partial charge in [0.25, 0.3) is 0 Å². The molecular formula is C16H13BrN2OS. The summed E-state index contributed by atoms with van der Waals surface area (Å²) in [5.74, 6) is 0. The van der Waals surface area contributed by atoms with Gasteiger partial charge in [0.2, 0.25) is 0 Å². The van der Waals surface area contributed by atoms with Crippen LogP contribution in [0.25, 0.3) is 16.3 Å². The Morgan fingerprint density at radius 1 is 1.19 bits per heavy atom. The molecule has 0 bridgehead atoms. The van der Waals surface area contributed by atoms with E-state index in [4.69, 9.17) is 0 Å². The largest absolute Gasteiger partial charge is 0.298 e. The quantitative estimate of drug-likeness (QED) is 0.629. The van der Waals surface area contributed by atoms with Crippen molar-refractivity contribution in [2.24, 2.45) is 0 Å². The molecule has 0 aliphatic carbocycles. The highest BCUT2D eigenvalue weighted by Gasteiger charge is 2.13. The molecule has 0 saturated heterocycles. The molecule has 2 heterocycles. The molecule has 3 nitrogen and oxygen atoms in total. The first-order chi connectivity index (χ1) is 10.1. The number of hydrogen-bond acceptors (Lipinski definition) is 3. The van der Waals surface area contributed by atoms with E-state index in [2.05, 4.69) is 53.1 Å². The van der Waals surface area contributed by atoms with Gasteiger partial charge in [-0.15, -0.1) is 11.3 Å². The summed E-state index contributed by atoms with van der Waals surface area (Å²) in [5, 5.41) is 4.59. The van der Waals surface area contributed by atoms with Gasteiger partial charge < -0.3 is 0 Å². The second kappa shape index (κ2) is 5.58. The van der Waals surface area contributed by atoms with Gasteiger partial charge in [0.05, 0.1) is 19.9 Å². The average Bonchev–Trinajstić information content (AvgIpc) is 3.03. The Bertz CT molecular complexity index is 799. The molecule has 0 radical (unpaired) electrons. The minimum absolute atomic E-state index is 0.600. The highest BCUT2D eigenvalue weighted by molar-refractivity contribution is 9.11. The molecular weight excluding hydrogens is 348 g/mol. The number of halogens is 1. The highest BCUT2D eigenvalue weighted by Crippen LogP contribution is 2.32. The van der Waals surface area contributed by atoms with Gasteiger partial charge in [0.1, 0.15) is 5.69 Å². The van der Waals surface area contributed by atoms with E-state index in [0.29, 0.717) is 5.56 Å². The van der Waals surface area contributed by atoms with Crippen molar-refractivity contribution < 1.29 is 4.79 Å². The Morgan fingerprint density at radius 3 is 2.48 bits per heavy atom. The summed E-state index contributed by atoms with van der Waals surface area (Å²) in [4.78, 5) is 12.3. The summed E-state index contributed by atoms with van der Waals surface area (Å²) in [6.07, 6.45) is 2.64. The van der Waals surface area contributed by atoms with Crippen LogP contribution in [0.15, 0.2) is 40.3 Å². The van der Waals surface area contributed by atoms with E-state index in [1.807, 2.05) is 12.1 Å². The van der Waals surface area contributed by atoms with Crippen molar-refractivity contribution in [3.63, 3.8) is 0 Å². The number of hydrogen-bond donors (Lipinski definition) is 0. The number of carbonyl (C=O) groups is 1. The van der Waals surface area contributed by atoms with Gasteiger partial charge in [-0.25, -0.2) is 4.68 Å². The predicted octanol–water partition coefficient (Wildman–Crippen LogP) is 4.79. The van der Waals surface area contributed by atoms with Crippen LogP contribution in [0.2, 0.25) is 0 Å². The second-order valence-electron chi connectivity index (χ2n) is 4.95.